The summed E-state index contributed by atoms with van der Waals surface area (Å²) in [7, 11) is 0. The lowest BCUT2D eigenvalue weighted by Crippen LogP contribution is -2.42. The normalized spacial score (nSPS) is 31.8. The van der Waals surface area contributed by atoms with Gasteiger partial charge in [-0.3, -0.25) is 4.79 Å². The number of carboxylic acid groups (broad SMARTS) is 1. The minimum absolute atomic E-state index is 0.349. The highest BCUT2D eigenvalue weighted by molar-refractivity contribution is 5.66. The molecule has 1 heterocycles. The van der Waals surface area contributed by atoms with Crippen molar-refractivity contribution in [2.45, 2.75) is 83.6 Å². The lowest BCUT2D eigenvalue weighted by Gasteiger charge is -2.38. The van der Waals surface area contributed by atoms with E-state index in [-0.39, 0.29) is 0 Å². The molecule has 1 N–H and O–H groups in total. The zero-order valence-electron chi connectivity index (χ0n) is 13.7. The first-order valence-corrected chi connectivity index (χ1v) is 9.15. The van der Waals surface area contributed by atoms with E-state index in [1.807, 2.05) is 0 Å². The van der Waals surface area contributed by atoms with E-state index in [9.17, 15) is 4.79 Å². The van der Waals surface area contributed by atoms with Crippen LogP contribution in [0, 0.1) is 11.8 Å². The summed E-state index contributed by atoms with van der Waals surface area (Å²) in [6.45, 7) is 4.70. The summed E-state index contributed by atoms with van der Waals surface area (Å²) in [5.74, 6) is 0.945. The number of aliphatic carboxylic acids is 1. The average molecular weight is 295 g/mol. The van der Waals surface area contributed by atoms with Crippen LogP contribution in [0.4, 0.5) is 0 Å². The van der Waals surface area contributed by atoms with Gasteiger partial charge >= 0.3 is 5.97 Å². The van der Waals surface area contributed by atoms with Crippen molar-refractivity contribution in [3.05, 3.63) is 0 Å². The summed E-state index contributed by atoms with van der Waals surface area (Å²) in [5, 5.41) is 8.86. The average Bonchev–Trinajstić information content (AvgIpc) is 2.72. The van der Waals surface area contributed by atoms with Crippen LogP contribution in [0.15, 0.2) is 0 Å². The Balaban J connectivity index is 1.79. The number of nitrogens with zero attached hydrogens (tertiary/aromatic N) is 1. The molecule has 21 heavy (non-hydrogen) atoms. The number of likely N-dealkylation sites (tertiary alicyclic amines) is 1. The van der Waals surface area contributed by atoms with Crippen LogP contribution in [0.1, 0.15) is 77.6 Å². The first kappa shape index (κ1) is 16.8. The Hall–Kier alpha value is -0.570. The fraction of sp³-hybridized carbons (Fsp3) is 0.944. The summed E-state index contributed by atoms with van der Waals surface area (Å²) >= 11 is 0. The van der Waals surface area contributed by atoms with Gasteiger partial charge in [0.1, 0.15) is 0 Å². The Morgan fingerprint density at radius 1 is 1.05 bits per heavy atom. The molecule has 2 aliphatic rings. The van der Waals surface area contributed by atoms with Gasteiger partial charge in [-0.25, -0.2) is 0 Å². The molecule has 0 bridgehead atoms. The highest BCUT2D eigenvalue weighted by atomic mass is 16.4. The van der Waals surface area contributed by atoms with Gasteiger partial charge in [-0.1, -0.05) is 32.6 Å². The quantitative estimate of drug-likeness (QED) is 0.742. The molecule has 3 nitrogen and oxygen atoms in total. The predicted molar refractivity (Wildman–Crippen MR) is 86.4 cm³/mol. The Labute approximate surface area is 130 Å². The number of piperidine rings is 1. The van der Waals surface area contributed by atoms with Crippen LogP contribution in [-0.2, 0) is 4.79 Å². The van der Waals surface area contributed by atoms with E-state index in [0.29, 0.717) is 12.3 Å². The van der Waals surface area contributed by atoms with Gasteiger partial charge in [0.25, 0.3) is 0 Å². The van der Waals surface area contributed by atoms with Crippen molar-refractivity contribution < 1.29 is 9.90 Å². The Morgan fingerprint density at radius 3 is 2.62 bits per heavy atom. The summed E-state index contributed by atoms with van der Waals surface area (Å²) in [4.78, 5) is 13.5. The first-order valence-electron chi connectivity index (χ1n) is 9.15. The maximum Gasteiger partial charge on any atom is 0.303 e. The summed E-state index contributed by atoms with van der Waals surface area (Å²) in [6, 6.07) is 0.777. The van der Waals surface area contributed by atoms with Crippen molar-refractivity contribution in [2.75, 3.05) is 13.1 Å². The zero-order valence-corrected chi connectivity index (χ0v) is 13.7. The van der Waals surface area contributed by atoms with E-state index in [1.54, 1.807) is 0 Å². The van der Waals surface area contributed by atoms with Crippen molar-refractivity contribution in [1.82, 2.24) is 4.90 Å². The number of hydrogen-bond donors (Lipinski definition) is 1. The predicted octanol–water partition coefficient (Wildman–Crippen LogP) is 4.31. The Morgan fingerprint density at radius 2 is 1.86 bits per heavy atom. The molecular formula is C18H33NO2. The summed E-state index contributed by atoms with van der Waals surface area (Å²) < 4.78 is 0. The second kappa shape index (κ2) is 8.77. The molecule has 2 fully saturated rings. The third-order valence-electron chi connectivity index (χ3n) is 5.59. The highest BCUT2D eigenvalue weighted by Gasteiger charge is 2.28. The largest absolute Gasteiger partial charge is 0.481 e. The SMILES string of the molecule is CCCC1CCCC(N2CCCC(CCC(=O)O)C2)CC1. The van der Waals surface area contributed by atoms with Crippen molar-refractivity contribution in [3.63, 3.8) is 0 Å². The summed E-state index contributed by atoms with van der Waals surface area (Å²) in [6.07, 6.45) is 13.4. The molecule has 1 saturated carbocycles. The fourth-order valence-electron chi connectivity index (χ4n) is 4.41. The van der Waals surface area contributed by atoms with Crippen LogP contribution in [0.5, 0.6) is 0 Å². The minimum atomic E-state index is -0.635. The van der Waals surface area contributed by atoms with Crippen molar-refractivity contribution in [1.29, 1.82) is 0 Å². The van der Waals surface area contributed by atoms with Crippen LogP contribution in [0.3, 0.4) is 0 Å². The molecule has 0 aromatic carbocycles. The third kappa shape index (κ3) is 5.61. The first-order chi connectivity index (χ1) is 10.2. The van der Waals surface area contributed by atoms with Crippen molar-refractivity contribution in [2.24, 2.45) is 11.8 Å². The smallest absolute Gasteiger partial charge is 0.303 e. The molecule has 1 aliphatic carbocycles. The third-order valence-corrected chi connectivity index (χ3v) is 5.59. The zero-order chi connectivity index (χ0) is 15.1. The van der Waals surface area contributed by atoms with Crippen LogP contribution in [0.25, 0.3) is 0 Å². The van der Waals surface area contributed by atoms with Crippen LogP contribution in [0.2, 0.25) is 0 Å². The fourth-order valence-corrected chi connectivity index (χ4v) is 4.41. The van der Waals surface area contributed by atoms with Gasteiger partial charge in [0.05, 0.1) is 0 Å². The maximum absolute atomic E-state index is 10.8. The second-order valence-corrected chi connectivity index (χ2v) is 7.25. The molecule has 3 atom stereocenters. The molecular weight excluding hydrogens is 262 g/mol. The van der Waals surface area contributed by atoms with E-state index in [2.05, 4.69) is 11.8 Å². The molecule has 1 saturated heterocycles. The Bertz CT molecular complexity index is 318. The van der Waals surface area contributed by atoms with Gasteiger partial charge in [-0.2, -0.15) is 0 Å². The topological polar surface area (TPSA) is 40.5 Å². The van der Waals surface area contributed by atoms with Crippen LogP contribution < -0.4 is 0 Å². The number of rotatable bonds is 6. The van der Waals surface area contributed by atoms with E-state index in [1.165, 1.54) is 64.3 Å². The van der Waals surface area contributed by atoms with Gasteiger partial charge in [0.15, 0.2) is 0 Å². The van der Waals surface area contributed by atoms with Gasteiger partial charge in [0.2, 0.25) is 0 Å². The monoisotopic (exact) mass is 295 g/mol. The van der Waals surface area contributed by atoms with Gasteiger partial charge in [-0.05, 0) is 56.9 Å². The van der Waals surface area contributed by atoms with E-state index < -0.39 is 5.97 Å². The number of carboxylic acids is 1. The van der Waals surface area contributed by atoms with E-state index >= 15 is 0 Å². The molecule has 0 amide bonds. The molecule has 0 aromatic rings. The Kier molecular flexibility index (Phi) is 7.01. The standard InChI is InChI=1S/C18H33NO2/c1-2-5-15-6-3-8-17(11-9-15)19-13-4-7-16(14-19)10-12-18(20)21/h15-17H,2-14H2,1H3,(H,20,21). The van der Waals surface area contributed by atoms with Crippen molar-refractivity contribution >= 4 is 5.97 Å². The lowest BCUT2D eigenvalue weighted by molar-refractivity contribution is -0.137. The molecule has 122 valence electrons. The molecule has 1 aliphatic heterocycles. The van der Waals surface area contributed by atoms with Gasteiger partial charge < -0.3 is 10.0 Å². The van der Waals surface area contributed by atoms with Crippen molar-refractivity contribution in [3.8, 4) is 0 Å². The molecule has 0 radical (unpaired) electrons. The summed E-state index contributed by atoms with van der Waals surface area (Å²) in [5.41, 5.74) is 0. The molecule has 0 spiro atoms. The molecule has 2 rings (SSSR count). The van der Waals surface area contributed by atoms with Crippen LogP contribution >= 0.6 is 0 Å². The lowest BCUT2D eigenvalue weighted by atomic mass is 9.91. The van der Waals surface area contributed by atoms with E-state index in [0.717, 1.165) is 24.9 Å². The van der Waals surface area contributed by atoms with Gasteiger partial charge in [-0.15, -0.1) is 0 Å². The van der Waals surface area contributed by atoms with Gasteiger partial charge in [0, 0.05) is 19.0 Å². The number of carbonyl (C=O) groups is 1. The number of hydrogen-bond acceptors (Lipinski definition) is 2. The maximum atomic E-state index is 10.8. The molecule has 3 heteroatoms. The minimum Gasteiger partial charge on any atom is -0.481 e. The highest BCUT2D eigenvalue weighted by Crippen LogP contribution is 2.31. The second-order valence-electron chi connectivity index (χ2n) is 7.25. The molecule has 0 aromatic heterocycles. The van der Waals surface area contributed by atoms with Crippen LogP contribution in [-0.4, -0.2) is 35.1 Å². The molecule has 3 unspecified atom stereocenters. The van der Waals surface area contributed by atoms with E-state index in [4.69, 9.17) is 5.11 Å².